The summed E-state index contributed by atoms with van der Waals surface area (Å²) in [5, 5.41) is 8.83. The highest BCUT2D eigenvalue weighted by molar-refractivity contribution is 7.89. The quantitative estimate of drug-likeness (QED) is 0.744. The molecule has 5 nitrogen and oxygen atoms in total. The standard InChI is InChI=1S/C14H20N2O3S/c1-3-4-8-19-9-7-16-20(17,18)14-10-13(11-15)6-5-12(14)2/h5-6,10,16H,3-4,7-9H2,1-2H3. The van der Waals surface area contributed by atoms with Crippen molar-refractivity contribution in [3.8, 4) is 6.07 Å². The van der Waals surface area contributed by atoms with Gasteiger partial charge in [-0.15, -0.1) is 0 Å². The number of nitrogens with zero attached hydrogens (tertiary/aromatic N) is 1. The lowest BCUT2D eigenvalue weighted by molar-refractivity contribution is 0.136. The van der Waals surface area contributed by atoms with Crippen LogP contribution in [0.25, 0.3) is 0 Å². The fourth-order valence-corrected chi connectivity index (χ4v) is 2.92. The second-order valence-electron chi connectivity index (χ2n) is 4.46. The second-order valence-corrected chi connectivity index (χ2v) is 6.19. The smallest absolute Gasteiger partial charge is 0.240 e. The average molecular weight is 296 g/mol. The van der Waals surface area contributed by atoms with Gasteiger partial charge in [-0.3, -0.25) is 0 Å². The Morgan fingerprint density at radius 3 is 2.75 bits per heavy atom. The minimum atomic E-state index is -3.60. The summed E-state index contributed by atoms with van der Waals surface area (Å²) in [5.74, 6) is 0. The molecule has 6 heteroatoms. The molecule has 0 unspecified atom stereocenters. The summed E-state index contributed by atoms with van der Waals surface area (Å²) in [5.41, 5.74) is 0.943. The van der Waals surface area contributed by atoms with Crippen LogP contribution in [0, 0.1) is 18.3 Å². The monoisotopic (exact) mass is 296 g/mol. The molecule has 0 bridgehead atoms. The van der Waals surface area contributed by atoms with E-state index in [1.807, 2.05) is 6.07 Å². The molecule has 0 amide bonds. The van der Waals surface area contributed by atoms with Gasteiger partial charge in [-0.1, -0.05) is 19.4 Å². The van der Waals surface area contributed by atoms with Crippen LogP contribution in [0.15, 0.2) is 23.1 Å². The van der Waals surface area contributed by atoms with E-state index in [4.69, 9.17) is 10.00 Å². The summed E-state index contributed by atoms with van der Waals surface area (Å²) in [4.78, 5) is 0.144. The lowest BCUT2D eigenvalue weighted by Gasteiger charge is -2.10. The van der Waals surface area contributed by atoms with Crippen LogP contribution in [0.2, 0.25) is 0 Å². The van der Waals surface area contributed by atoms with Crippen LogP contribution in [0.5, 0.6) is 0 Å². The first-order valence-corrected chi connectivity index (χ1v) is 8.07. The minimum Gasteiger partial charge on any atom is -0.380 e. The van der Waals surface area contributed by atoms with Gasteiger partial charge in [0.05, 0.1) is 23.1 Å². The summed E-state index contributed by atoms with van der Waals surface area (Å²) in [6.45, 7) is 4.98. The van der Waals surface area contributed by atoms with Gasteiger partial charge in [0.25, 0.3) is 0 Å². The van der Waals surface area contributed by atoms with Gasteiger partial charge < -0.3 is 4.74 Å². The first-order valence-electron chi connectivity index (χ1n) is 6.59. The van der Waals surface area contributed by atoms with E-state index in [0.717, 1.165) is 12.8 Å². The maximum absolute atomic E-state index is 12.1. The third kappa shape index (κ3) is 4.93. The van der Waals surface area contributed by atoms with Gasteiger partial charge in [-0.05, 0) is 31.0 Å². The zero-order valence-electron chi connectivity index (χ0n) is 11.8. The summed E-state index contributed by atoms with van der Waals surface area (Å²) >= 11 is 0. The Bertz CT molecular complexity index is 577. The van der Waals surface area contributed by atoms with Crippen molar-refractivity contribution < 1.29 is 13.2 Å². The highest BCUT2D eigenvalue weighted by Gasteiger charge is 2.16. The van der Waals surface area contributed by atoms with Gasteiger partial charge in [0, 0.05) is 13.2 Å². The predicted molar refractivity (Wildman–Crippen MR) is 76.8 cm³/mol. The third-order valence-electron chi connectivity index (χ3n) is 2.79. The van der Waals surface area contributed by atoms with Crippen LogP contribution >= 0.6 is 0 Å². The number of aryl methyl sites for hydroxylation is 1. The molecule has 1 rings (SSSR count). The van der Waals surface area contributed by atoms with Crippen molar-refractivity contribution in [2.45, 2.75) is 31.6 Å². The van der Waals surface area contributed by atoms with E-state index in [2.05, 4.69) is 11.6 Å². The van der Waals surface area contributed by atoms with Crippen LogP contribution in [0.4, 0.5) is 0 Å². The highest BCUT2D eigenvalue weighted by Crippen LogP contribution is 2.16. The number of nitriles is 1. The summed E-state index contributed by atoms with van der Waals surface area (Å²) < 4.78 is 32.1. The fraction of sp³-hybridized carbons (Fsp3) is 0.500. The lowest BCUT2D eigenvalue weighted by atomic mass is 10.2. The van der Waals surface area contributed by atoms with E-state index in [-0.39, 0.29) is 11.4 Å². The Hall–Kier alpha value is -1.42. The van der Waals surface area contributed by atoms with Crippen LogP contribution in [0.3, 0.4) is 0 Å². The van der Waals surface area contributed by atoms with Crippen LogP contribution in [0.1, 0.15) is 30.9 Å². The van der Waals surface area contributed by atoms with E-state index in [1.54, 1.807) is 19.1 Å². The Kier molecular flexibility index (Phi) is 6.65. The largest absolute Gasteiger partial charge is 0.380 e. The van der Waals surface area contributed by atoms with Crippen molar-refractivity contribution in [1.82, 2.24) is 4.72 Å². The molecular formula is C14H20N2O3S. The van der Waals surface area contributed by atoms with Crippen molar-refractivity contribution >= 4 is 10.0 Å². The number of hydrogen-bond donors (Lipinski definition) is 1. The second kappa shape index (κ2) is 8.00. The molecule has 0 aliphatic rings. The Morgan fingerprint density at radius 1 is 1.35 bits per heavy atom. The van der Waals surface area contributed by atoms with Crippen molar-refractivity contribution in [3.05, 3.63) is 29.3 Å². The van der Waals surface area contributed by atoms with Crippen molar-refractivity contribution in [3.63, 3.8) is 0 Å². The van der Waals surface area contributed by atoms with Crippen LogP contribution in [-0.2, 0) is 14.8 Å². The molecule has 1 N–H and O–H groups in total. The van der Waals surface area contributed by atoms with E-state index >= 15 is 0 Å². The molecule has 0 saturated heterocycles. The van der Waals surface area contributed by atoms with Gasteiger partial charge in [0.1, 0.15) is 0 Å². The molecule has 0 aliphatic heterocycles. The van der Waals surface area contributed by atoms with Crippen molar-refractivity contribution in [1.29, 1.82) is 5.26 Å². The molecule has 20 heavy (non-hydrogen) atoms. The summed E-state index contributed by atoms with van der Waals surface area (Å²) in [6.07, 6.45) is 2.02. The molecule has 0 spiro atoms. The van der Waals surface area contributed by atoms with Crippen molar-refractivity contribution in [2.24, 2.45) is 0 Å². The number of hydrogen-bond acceptors (Lipinski definition) is 4. The van der Waals surface area contributed by atoms with E-state index < -0.39 is 10.0 Å². The molecule has 0 fully saturated rings. The fourth-order valence-electron chi connectivity index (χ4n) is 1.63. The highest BCUT2D eigenvalue weighted by atomic mass is 32.2. The Morgan fingerprint density at radius 2 is 2.10 bits per heavy atom. The zero-order chi connectivity index (χ0) is 15.0. The molecule has 0 aromatic heterocycles. The van der Waals surface area contributed by atoms with Gasteiger partial charge in [-0.2, -0.15) is 5.26 Å². The third-order valence-corrected chi connectivity index (χ3v) is 4.39. The predicted octanol–water partition coefficient (Wildman–Crippen LogP) is 1.96. The molecular weight excluding hydrogens is 276 g/mol. The zero-order valence-corrected chi connectivity index (χ0v) is 12.7. The molecule has 110 valence electrons. The first-order chi connectivity index (χ1) is 9.51. The summed E-state index contributed by atoms with van der Waals surface area (Å²) in [7, 11) is -3.60. The molecule has 0 saturated carbocycles. The van der Waals surface area contributed by atoms with Gasteiger partial charge in [-0.25, -0.2) is 13.1 Å². The number of sulfonamides is 1. The maximum atomic E-state index is 12.1. The van der Waals surface area contributed by atoms with Crippen LogP contribution in [-0.4, -0.2) is 28.2 Å². The van der Waals surface area contributed by atoms with E-state index in [9.17, 15) is 8.42 Å². The number of rotatable bonds is 8. The van der Waals surface area contributed by atoms with Gasteiger partial charge in [0.2, 0.25) is 10.0 Å². The SMILES string of the molecule is CCCCOCCNS(=O)(=O)c1cc(C#N)ccc1C. The number of ether oxygens (including phenoxy) is 1. The first kappa shape index (κ1) is 16.6. The molecule has 1 aromatic rings. The number of unbranched alkanes of at least 4 members (excludes halogenated alkanes) is 1. The molecule has 0 aliphatic carbocycles. The maximum Gasteiger partial charge on any atom is 0.240 e. The Labute approximate surface area is 120 Å². The topological polar surface area (TPSA) is 79.2 Å². The molecule has 1 aromatic carbocycles. The van der Waals surface area contributed by atoms with E-state index in [1.165, 1.54) is 6.07 Å². The number of benzene rings is 1. The number of nitrogens with one attached hydrogen (secondary N) is 1. The lowest BCUT2D eigenvalue weighted by Crippen LogP contribution is -2.28. The van der Waals surface area contributed by atoms with Gasteiger partial charge >= 0.3 is 0 Å². The van der Waals surface area contributed by atoms with Crippen LogP contribution < -0.4 is 4.72 Å². The Balaban J connectivity index is 2.63. The minimum absolute atomic E-state index is 0.144. The van der Waals surface area contributed by atoms with E-state index in [0.29, 0.717) is 24.3 Å². The molecule has 0 atom stereocenters. The average Bonchev–Trinajstić information content (AvgIpc) is 2.43. The summed E-state index contributed by atoms with van der Waals surface area (Å²) in [6, 6.07) is 6.55. The normalized spacial score (nSPS) is 11.2. The van der Waals surface area contributed by atoms with Gasteiger partial charge in [0.15, 0.2) is 0 Å². The molecule has 0 heterocycles. The van der Waals surface area contributed by atoms with Crippen molar-refractivity contribution in [2.75, 3.05) is 19.8 Å². The molecule has 0 radical (unpaired) electrons.